The van der Waals surface area contributed by atoms with Gasteiger partial charge >= 0.3 is 0 Å². The maximum Gasteiger partial charge on any atom is 0.246 e. The van der Waals surface area contributed by atoms with Crippen LogP contribution in [-0.2, 0) is 9.59 Å². The third-order valence-electron chi connectivity index (χ3n) is 4.69. The summed E-state index contributed by atoms with van der Waals surface area (Å²) in [7, 11) is 0. The van der Waals surface area contributed by atoms with E-state index < -0.39 is 0 Å². The molecule has 0 spiro atoms. The van der Waals surface area contributed by atoms with Gasteiger partial charge in [0.2, 0.25) is 11.8 Å². The van der Waals surface area contributed by atoms with E-state index in [-0.39, 0.29) is 23.9 Å². The summed E-state index contributed by atoms with van der Waals surface area (Å²) < 4.78 is 0. The molecule has 0 aliphatic carbocycles. The van der Waals surface area contributed by atoms with E-state index in [1.165, 1.54) is 5.75 Å². The summed E-state index contributed by atoms with van der Waals surface area (Å²) in [6, 6.07) is -0.394. The van der Waals surface area contributed by atoms with E-state index in [2.05, 4.69) is 0 Å². The second-order valence-corrected chi connectivity index (χ2v) is 8.58. The molecule has 0 aromatic carbocycles. The number of carbonyl (C=O) groups excluding carboxylic acids is 2. The van der Waals surface area contributed by atoms with Crippen molar-refractivity contribution in [2.45, 2.75) is 49.9 Å². The largest absolute Gasteiger partial charge is 0.329 e. The van der Waals surface area contributed by atoms with E-state index >= 15 is 0 Å². The van der Waals surface area contributed by atoms with Crippen molar-refractivity contribution in [3.8, 4) is 0 Å². The van der Waals surface area contributed by atoms with E-state index in [1.807, 2.05) is 40.2 Å². The summed E-state index contributed by atoms with van der Waals surface area (Å²) in [5.74, 6) is 3.87. The smallest absolute Gasteiger partial charge is 0.246 e. The number of piperidine rings is 1. The molecule has 0 bridgehead atoms. The van der Waals surface area contributed by atoms with Crippen molar-refractivity contribution in [2.24, 2.45) is 0 Å². The van der Waals surface area contributed by atoms with Gasteiger partial charge < -0.3 is 9.80 Å². The summed E-state index contributed by atoms with van der Waals surface area (Å²) >= 11 is 3.93. The molecule has 21 heavy (non-hydrogen) atoms. The van der Waals surface area contributed by atoms with Crippen LogP contribution in [-0.4, -0.2) is 69.3 Å². The van der Waals surface area contributed by atoms with Crippen molar-refractivity contribution in [1.82, 2.24) is 9.80 Å². The van der Waals surface area contributed by atoms with Crippen LogP contribution in [0.5, 0.6) is 0 Å². The van der Waals surface area contributed by atoms with Gasteiger partial charge in [-0.15, -0.1) is 0 Å². The Morgan fingerprint density at radius 1 is 1.19 bits per heavy atom. The van der Waals surface area contributed by atoms with Crippen molar-refractivity contribution in [3.63, 3.8) is 0 Å². The van der Waals surface area contributed by atoms with Crippen molar-refractivity contribution < 1.29 is 9.59 Å². The number of hydrogen-bond donors (Lipinski definition) is 0. The second-order valence-electron chi connectivity index (χ2n) is 6.03. The molecule has 3 saturated heterocycles. The Morgan fingerprint density at radius 2 is 2.05 bits per heavy atom. The molecule has 3 aliphatic rings. The first kappa shape index (κ1) is 15.5. The van der Waals surface area contributed by atoms with Gasteiger partial charge in [-0.25, -0.2) is 0 Å². The Bertz CT molecular complexity index is 412. The minimum absolute atomic E-state index is 0.171. The van der Waals surface area contributed by atoms with E-state index in [9.17, 15) is 9.59 Å². The Kier molecular flexibility index (Phi) is 5.04. The number of fused-ring (bicyclic) bond motifs is 1. The Morgan fingerprint density at radius 3 is 2.76 bits per heavy atom. The maximum atomic E-state index is 12.9. The van der Waals surface area contributed by atoms with Gasteiger partial charge in [0.05, 0.1) is 0 Å². The highest BCUT2D eigenvalue weighted by Gasteiger charge is 2.46. The molecule has 3 unspecified atom stereocenters. The lowest BCUT2D eigenvalue weighted by Crippen LogP contribution is -2.66. The fraction of sp³-hybridized carbons (Fsp3) is 0.867. The zero-order valence-electron chi connectivity index (χ0n) is 12.6. The topological polar surface area (TPSA) is 40.6 Å². The van der Waals surface area contributed by atoms with Gasteiger partial charge in [-0.2, -0.15) is 23.5 Å². The Balaban J connectivity index is 1.76. The lowest BCUT2D eigenvalue weighted by atomic mass is 9.94. The lowest BCUT2D eigenvalue weighted by Gasteiger charge is -2.47. The molecule has 0 radical (unpaired) electrons. The van der Waals surface area contributed by atoms with Gasteiger partial charge in [-0.3, -0.25) is 9.59 Å². The summed E-state index contributed by atoms with van der Waals surface area (Å²) in [4.78, 5) is 29.3. The lowest BCUT2D eigenvalue weighted by molar-refractivity contribution is -0.163. The summed E-state index contributed by atoms with van der Waals surface area (Å²) in [6.07, 6.45) is 3.70. The van der Waals surface area contributed by atoms with Gasteiger partial charge in [-0.1, -0.05) is 6.92 Å². The van der Waals surface area contributed by atoms with E-state index in [1.54, 1.807) is 0 Å². The zero-order chi connectivity index (χ0) is 14.8. The highest BCUT2D eigenvalue weighted by Crippen LogP contribution is 2.30. The second kappa shape index (κ2) is 6.82. The van der Waals surface area contributed by atoms with Crippen LogP contribution in [0.15, 0.2) is 0 Å². The van der Waals surface area contributed by atoms with Crippen molar-refractivity contribution in [3.05, 3.63) is 0 Å². The molecule has 0 aromatic rings. The monoisotopic (exact) mass is 328 g/mol. The molecule has 3 heterocycles. The first-order valence-corrected chi connectivity index (χ1v) is 10.2. The predicted octanol–water partition coefficient (Wildman–Crippen LogP) is 1.84. The maximum absolute atomic E-state index is 12.9. The van der Waals surface area contributed by atoms with Gasteiger partial charge in [0.15, 0.2) is 0 Å². The van der Waals surface area contributed by atoms with Crippen LogP contribution in [0.2, 0.25) is 0 Å². The molecule has 0 N–H and O–H groups in total. The van der Waals surface area contributed by atoms with Gasteiger partial charge in [0.1, 0.15) is 12.1 Å². The van der Waals surface area contributed by atoms with Gasteiger partial charge in [-0.05, 0) is 25.7 Å². The van der Waals surface area contributed by atoms with Crippen LogP contribution in [0.25, 0.3) is 0 Å². The molecule has 6 heteroatoms. The highest BCUT2D eigenvalue weighted by atomic mass is 32.2. The molecule has 3 rings (SSSR count). The summed E-state index contributed by atoms with van der Waals surface area (Å²) in [6.45, 7) is 3.55. The van der Waals surface area contributed by atoms with E-state index in [0.717, 1.165) is 50.3 Å². The SMILES string of the molecule is CCC1C(=O)N2CCCCC2C(=O)N1CC1CSCCS1. The molecule has 4 nitrogen and oxygen atoms in total. The first-order chi connectivity index (χ1) is 10.2. The molecule has 0 aromatic heterocycles. The Labute approximate surface area is 135 Å². The standard InChI is InChI=1S/C15H24N2O2S2/c1-2-12-14(18)16-6-4-3-5-13(16)15(19)17(12)9-11-10-20-7-8-21-11/h11-13H,2-10H2,1H3. The number of thioether (sulfide) groups is 2. The molecular weight excluding hydrogens is 304 g/mol. The molecular formula is C15H24N2O2S2. The first-order valence-electron chi connectivity index (χ1n) is 8.02. The normalized spacial score (nSPS) is 34.0. The molecule has 3 aliphatic heterocycles. The number of carbonyl (C=O) groups is 2. The fourth-order valence-corrected chi connectivity index (χ4v) is 6.26. The number of hydrogen-bond acceptors (Lipinski definition) is 4. The number of piperazine rings is 1. The number of rotatable bonds is 3. The minimum atomic E-state index is -0.223. The van der Waals surface area contributed by atoms with E-state index in [0.29, 0.717) is 5.25 Å². The van der Waals surface area contributed by atoms with Gasteiger partial charge in [0.25, 0.3) is 0 Å². The van der Waals surface area contributed by atoms with Crippen LogP contribution in [0, 0.1) is 0 Å². The summed E-state index contributed by atoms with van der Waals surface area (Å²) in [5, 5.41) is 0.490. The molecule has 3 fully saturated rings. The predicted molar refractivity (Wildman–Crippen MR) is 88.7 cm³/mol. The molecule has 2 amide bonds. The third kappa shape index (κ3) is 3.07. The third-order valence-corrected chi connectivity index (χ3v) is 7.51. The summed E-state index contributed by atoms with van der Waals surface area (Å²) in [5.41, 5.74) is 0. The zero-order valence-corrected chi connectivity index (χ0v) is 14.3. The van der Waals surface area contributed by atoms with Crippen LogP contribution in [0.4, 0.5) is 0 Å². The van der Waals surface area contributed by atoms with Crippen LogP contribution in [0.3, 0.4) is 0 Å². The molecule has 118 valence electrons. The molecule has 0 saturated carbocycles. The number of nitrogens with zero attached hydrogens (tertiary/aromatic N) is 2. The van der Waals surface area contributed by atoms with Crippen molar-refractivity contribution in [1.29, 1.82) is 0 Å². The minimum Gasteiger partial charge on any atom is -0.329 e. The number of amides is 2. The van der Waals surface area contributed by atoms with Crippen LogP contribution in [0.1, 0.15) is 32.6 Å². The average Bonchev–Trinajstić information content (AvgIpc) is 2.54. The Hall–Kier alpha value is -0.360. The van der Waals surface area contributed by atoms with Crippen LogP contribution >= 0.6 is 23.5 Å². The average molecular weight is 329 g/mol. The van der Waals surface area contributed by atoms with Crippen molar-refractivity contribution in [2.75, 3.05) is 30.3 Å². The van der Waals surface area contributed by atoms with Crippen LogP contribution < -0.4 is 0 Å². The van der Waals surface area contributed by atoms with Gasteiger partial charge in [0, 0.05) is 35.6 Å². The van der Waals surface area contributed by atoms with Crippen molar-refractivity contribution >= 4 is 35.3 Å². The quantitative estimate of drug-likeness (QED) is 0.793. The highest BCUT2D eigenvalue weighted by molar-refractivity contribution is 8.06. The molecule has 3 atom stereocenters. The fourth-order valence-electron chi connectivity index (χ4n) is 3.60. The van der Waals surface area contributed by atoms with E-state index in [4.69, 9.17) is 0 Å².